The zero-order valence-electron chi connectivity index (χ0n) is 17.5. The number of ether oxygens (including phenoxy) is 2. The Bertz CT molecular complexity index is 1170. The highest BCUT2D eigenvalue weighted by Gasteiger charge is 2.33. The maximum absolute atomic E-state index is 11.5. The number of nitrogens with one attached hydrogen (secondary N) is 1. The molecule has 0 amide bonds. The van der Waals surface area contributed by atoms with E-state index in [0.29, 0.717) is 42.0 Å². The molecule has 4 heterocycles. The van der Waals surface area contributed by atoms with E-state index >= 15 is 0 Å². The molecule has 0 spiro atoms. The normalized spacial score (nSPS) is 20.0. The second-order valence-electron chi connectivity index (χ2n) is 8.00. The minimum absolute atomic E-state index is 0.0828. The molecule has 8 nitrogen and oxygen atoms in total. The smallest absolute Gasteiger partial charge is 0.306 e. The number of carbonyl (C=O) groups is 1. The molecule has 2 N–H and O–H groups in total. The standard InChI is InChI=1S/C22H23ClN4O4S/c1-2-14-8-13(21(28)29)5-6-27(14)22-25-19(15-9-18(23)32-20(15)26-22)24-10-12-3-4-16-17(7-12)31-11-30-16/h3-4,7,9,13-14H,2,5-6,8,10-11H2,1H3,(H,28,29)(H,24,25,26). The lowest BCUT2D eigenvalue weighted by Crippen LogP contribution is -2.45. The Morgan fingerprint density at radius 1 is 1.31 bits per heavy atom. The summed E-state index contributed by atoms with van der Waals surface area (Å²) in [7, 11) is 0. The van der Waals surface area contributed by atoms with E-state index in [9.17, 15) is 9.90 Å². The highest BCUT2D eigenvalue weighted by Crippen LogP contribution is 2.37. The Labute approximate surface area is 194 Å². The zero-order valence-corrected chi connectivity index (χ0v) is 19.1. The molecule has 2 aromatic heterocycles. The SMILES string of the molecule is CCC1CC(C(=O)O)CCN1c1nc(NCc2ccc3c(c2)OCO3)c2cc(Cl)sc2n1. The van der Waals surface area contributed by atoms with Gasteiger partial charge >= 0.3 is 5.97 Å². The van der Waals surface area contributed by atoms with Gasteiger partial charge in [0.05, 0.1) is 15.6 Å². The fourth-order valence-electron chi connectivity index (χ4n) is 4.31. The molecule has 0 saturated carbocycles. The van der Waals surface area contributed by atoms with Gasteiger partial charge in [-0.1, -0.05) is 24.6 Å². The molecule has 0 radical (unpaired) electrons. The fraction of sp³-hybridized carbons (Fsp3) is 0.409. The maximum atomic E-state index is 11.5. The van der Waals surface area contributed by atoms with E-state index in [1.54, 1.807) is 0 Å². The first-order chi connectivity index (χ1) is 15.5. The Morgan fingerprint density at radius 2 is 2.16 bits per heavy atom. The largest absolute Gasteiger partial charge is 0.481 e. The van der Waals surface area contributed by atoms with Gasteiger partial charge in [-0.05, 0) is 43.0 Å². The molecule has 32 heavy (non-hydrogen) atoms. The van der Waals surface area contributed by atoms with Crippen LogP contribution in [0.1, 0.15) is 31.7 Å². The number of anilines is 2. The molecule has 3 aromatic rings. The summed E-state index contributed by atoms with van der Waals surface area (Å²) in [6.07, 6.45) is 2.01. The molecule has 10 heteroatoms. The summed E-state index contributed by atoms with van der Waals surface area (Å²) >= 11 is 7.71. The number of piperidine rings is 1. The van der Waals surface area contributed by atoms with Crippen LogP contribution in [-0.4, -0.2) is 40.4 Å². The molecule has 1 saturated heterocycles. The lowest BCUT2D eigenvalue weighted by Gasteiger charge is -2.38. The van der Waals surface area contributed by atoms with Crippen LogP contribution in [0.4, 0.5) is 11.8 Å². The van der Waals surface area contributed by atoms with Crippen LogP contribution in [-0.2, 0) is 11.3 Å². The van der Waals surface area contributed by atoms with Crippen LogP contribution in [0.3, 0.4) is 0 Å². The van der Waals surface area contributed by atoms with Crippen molar-refractivity contribution in [2.45, 2.75) is 38.8 Å². The number of thiophene rings is 1. The van der Waals surface area contributed by atoms with Crippen LogP contribution in [0, 0.1) is 5.92 Å². The van der Waals surface area contributed by atoms with Crippen molar-refractivity contribution >= 4 is 50.9 Å². The van der Waals surface area contributed by atoms with Gasteiger partial charge in [0.15, 0.2) is 11.5 Å². The summed E-state index contributed by atoms with van der Waals surface area (Å²) in [5.41, 5.74) is 1.04. The van der Waals surface area contributed by atoms with Crippen LogP contribution in [0.2, 0.25) is 4.34 Å². The molecule has 1 aromatic carbocycles. The minimum Gasteiger partial charge on any atom is -0.481 e. The Balaban J connectivity index is 1.43. The predicted molar refractivity (Wildman–Crippen MR) is 124 cm³/mol. The van der Waals surface area contributed by atoms with Crippen LogP contribution in [0.15, 0.2) is 24.3 Å². The monoisotopic (exact) mass is 474 g/mol. The predicted octanol–water partition coefficient (Wildman–Crippen LogP) is 4.77. The highest BCUT2D eigenvalue weighted by molar-refractivity contribution is 7.22. The minimum atomic E-state index is -0.726. The second-order valence-corrected chi connectivity index (χ2v) is 9.66. The van der Waals surface area contributed by atoms with Crippen molar-refractivity contribution in [2.75, 3.05) is 23.6 Å². The quantitative estimate of drug-likeness (QED) is 0.527. The van der Waals surface area contributed by atoms with Gasteiger partial charge in [0, 0.05) is 19.1 Å². The summed E-state index contributed by atoms with van der Waals surface area (Å²) in [5, 5.41) is 13.7. The number of carboxylic acids is 1. The molecule has 0 bridgehead atoms. The number of rotatable bonds is 6. The van der Waals surface area contributed by atoms with Gasteiger partial charge in [-0.15, -0.1) is 11.3 Å². The number of aliphatic carboxylic acids is 1. The van der Waals surface area contributed by atoms with Crippen molar-refractivity contribution < 1.29 is 19.4 Å². The third kappa shape index (κ3) is 4.02. The maximum Gasteiger partial charge on any atom is 0.306 e. The summed E-state index contributed by atoms with van der Waals surface area (Å²) in [5.74, 6) is 1.76. The number of halogens is 1. The molecule has 168 valence electrons. The summed E-state index contributed by atoms with van der Waals surface area (Å²) < 4.78 is 11.5. The third-order valence-electron chi connectivity index (χ3n) is 6.04. The molecular weight excluding hydrogens is 452 g/mol. The summed E-state index contributed by atoms with van der Waals surface area (Å²) in [6.45, 7) is 3.48. The highest BCUT2D eigenvalue weighted by atomic mass is 35.5. The number of benzene rings is 1. The van der Waals surface area contributed by atoms with E-state index in [1.807, 2.05) is 24.3 Å². The summed E-state index contributed by atoms with van der Waals surface area (Å²) in [4.78, 5) is 24.1. The average Bonchev–Trinajstić information content (AvgIpc) is 3.41. The van der Waals surface area contributed by atoms with E-state index < -0.39 is 5.97 Å². The number of hydrogen-bond acceptors (Lipinski definition) is 8. The van der Waals surface area contributed by atoms with Crippen molar-refractivity contribution in [3.8, 4) is 11.5 Å². The van der Waals surface area contributed by atoms with Gasteiger partial charge < -0.3 is 24.8 Å². The first-order valence-electron chi connectivity index (χ1n) is 10.6. The van der Waals surface area contributed by atoms with Crippen LogP contribution in [0.25, 0.3) is 10.2 Å². The third-order valence-corrected chi connectivity index (χ3v) is 7.20. The number of aromatic nitrogens is 2. The van der Waals surface area contributed by atoms with Crippen molar-refractivity contribution in [1.82, 2.24) is 9.97 Å². The van der Waals surface area contributed by atoms with E-state index in [1.165, 1.54) is 11.3 Å². The van der Waals surface area contributed by atoms with Crippen LogP contribution < -0.4 is 19.7 Å². The average molecular weight is 475 g/mol. The Kier molecular flexibility index (Phi) is 5.69. The second kappa shape index (κ2) is 8.63. The molecule has 0 aliphatic carbocycles. The first kappa shape index (κ1) is 21.1. The number of fused-ring (bicyclic) bond motifs is 2. The molecule has 5 rings (SSSR count). The van der Waals surface area contributed by atoms with Gasteiger partial charge in [-0.3, -0.25) is 4.79 Å². The molecule has 1 fully saturated rings. The van der Waals surface area contributed by atoms with E-state index in [4.69, 9.17) is 31.0 Å². The van der Waals surface area contributed by atoms with Gasteiger partial charge in [-0.25, -0.2) is 4.98 Å². The van der Waals surface area contributed by atoms with Crippen molar-refractivity contribution in [3.63, 3.8) is 0 Å². The van der Waals surface area contributed by atoms with E-state index in [0.717, 1.165) is 33.7 Å². The molecular formula is C22H23ClN4O4S. The number of carboxylic acid groups (broad SMARTS) is 1. The topological polar surface area (TPSA) is 96.8 Å². The number of nitrogens with zero attached hydrogens (tertiary/aromatic N) is 3. The molecule has 2 atom stereocenters. The first-order valence-corrected chi connectivity index (χ1v) is 11.8. The van der Waals surface area contributed by atoms with Gasteiger partial charge in [-0.2, -0.15) is 4.98 Å². The van der Waals surface area contributed by atoms with E-state index in [-0.39, 0.29) is 18.8 Å². The van der Waals surface area contributed by atoms with E-state index in [2.05, 4.69) is 17.1 Å². The lowest BCUT2D eigenvalue weighted by molar-refractivity contribution is -0.142. The molecule has 2 aliphatic rings. The van der Waals surface area contributed by atoms with Crippen LogP contribution in [0.5, 0.6) is 11.5 Å². The van der Waals surface area contributed by atoms with Crippen LogP contribution >= 0.6 is 22.9 Å². The van der Waals surface area contributed by atoms with Crippen molar-refractivity contribution in [3.05, 3.63) is 34.2 Å². The fourth-order valence-corrected chi connectivity index (χ4v) is 5.39. The lowest BCUT2D eigenvalue weighted by atomic mass is 9.90. The Hall–Kier alpha value is -2.78. The number of hydrogen-bond donors (Lipinski definition) is 2. The van der Waals surface area contributed by atoms with Crippen molar-refractivity contribution in [1.29, 1.82) is 0 Å². The molecule has 2 unspecified atom stereocenters. The van der Waals surface area contributed by atoms with Crippen molar-refractivity contribution in [2.24, 2.45) is 5.92 Å². The van der Waals surface area contributed by atoms with Gasteiger partial charge in [0.1, 0.15) is 10.6 Å². The van der Waals surface area contributed by atoms with Gasteiger partial charge in [0.25, 0.3) is 0 Å². The Morgan fingerprint density at radius 3 is 2.97 bits per heavy atom. The summed E-state index contributed by atoms with van der Waals surface area (Å²) in [6, 6.07) is 7.81. The zero-order chi connectivity index (χ0) is 22.2. The van der Waals surface area contributed by atoms with Gasteiger partial charge in [0.2, 0.25) is 12.7 Å². The molecule has 2 aliphatic heterocycles.